The zero-order valence-electron chi connectivity index (χ0n) is 14.3. The summed E-state index contributed by atoms with van der Waals surface area (Å²) >= 11 is 1.41. The number of carbonyl (C=O) groups excluding carboxylic acids is 1. The summed E-state index contributed by atoms with van der Waals surface area (Å²) in [5, 5.41) is 3.53. The molecule has 0 bridgehead atoms. The smallest absolute Gasteiger partial charge is 0.219 e. The second-order valence-electron chi connectivity index (χ2n) is 5.02. The normalized spacial score (nSPS) is 9.91. The van der Waals surface area contributed by atoms with Gasteiger partial charge in [-0.1, -0.05) is 39.0 Å². The molecule has 1 rings (SSSR count). The lowest BCUT2D eigenvalue weighted by atomic mass is 10.2. The van der Waals surface area contributed by atoms with Crippen molar-refractivity contribution >= 4 is 47.4 Å². The zero-order chi connectivity index (χ0) is 15.5. The predicted octanol–water partition coefficient (Wildman–Crippen LogP) is 4.96. The number of thioether (sulfide) groups is 1. The van der Waals surface area contributed by atoms with Crippen molar-refractivity contribution in [3.05, 3.63) is 29.8 Å². The lowest BCUT2D eigenvalue weighted by molar-refractivity contribution is 0.108. The highest BCUT2D eigenvalue weighted by atomic mass is 35.5. The molecule has 0 aliphatic heterocycles. The van der Waals surface area contributed by atoms with Crippen LogP contribution in [0.1, 0.15) is 44.0 Å². The molecule has 0 heterocycles. The van der Waals surface area contributed by atoms with Gasteiger partial charge in [-0.3, -0.25) is 4.79 Å². The van der Waals surface area contributed by atoms with Crippen LogP contribution < -0.4 is 5.32 Å². The first-order valence-electron chi connectivity index (χ1n) is 7.94. The summed E-state index contributed by atoms with van der Waals surface area (Å²) in [5.41, 5.74) is 1.88. The van der Waals surface area contributed by atoms with Crippen LogP contribution in [0.5, 0.6) is 0 Å². The minimum absolute atomic E-state index is 0. The van der Waals surface area contributed by atoms with Crippen molar-refractivity contribution < 1.29 is 4.79 Å². The van der Waals surface area contributed by atoms with Crippen molar-refractivity contribution in [2.24, 2.45) is 0 Å². The van der Waals surface area contributed by atoms with E-state index in [0.29, 0.717) is 0 Å². The third-order valence-corrected chi connectivity index (χ3v) is 4.40. The van der Waals surface area contributed by atoms with Crippen molar-refractivity contribution in [3.8, 4) is 0 Å². The molecule has 0 unspecified atom stereocenters. The van der Waals surface area contributed by atoms with Gasteiger partial charge in [-0.25, -0.2) is 0 Å². The van der Waals surface area contributed by atoms with Gasteiger partial charge in [-0.2, -0.15) is 0 Å². The molecule has 3 nitrogen and oxygen atoms in total. The average molecular weight is 381 g/mol. The predicted molar refractivity (Wildman–Crippen MR) is 109 cm³/mol. The molecule has 134 valence electrons. The van der Waals surface area contributed by atoms with E-state index in [2.05, 4.69) is 31.0 Å². The van der Waals surface area contributed by atoms with Crippen LogP contribution in [0.3, 0.4) is 0 Å². The van der Waals surface area contributed by atoms with Crippen molar-refractivity contribution in [2.45, 2.75) is 33.6 Å². The van der Waals surface area contributed by atoms with Crippen LogP contribution in [0.4, 0.5) is 5.69 Å². The second-order valence-corrected chi connectivity index (χ2v) is 6.09. The zero-order valence-corrected chi connectivity index (χ0v) is 16.8. The van der Waals surface area contributed by atoms with Gasteiger partial charge in [0, 0.05) is 30.1 Å². The summed E-state index contributed by atoms with van der Waals surface area (Å²) in [7, 11) is 0. The number of anilines is 1. The molecule has 0 atom stereocenters. The lowest BCUT2D eigenvalue weighted by Gasteiger charge is -2.16. The van der Waals surface area contributed by atoms with Crippen LogP contribution in [0, 0.1) is 0 Å². The number of hydrogen-bond donors (Lipinski definition) is 1. The van der Waals surface area contributed by atoms with Crippen LogP contribution in [-0.2, 0) is 0 Å². The highest BCUT2D eigenvalue weighted by molar-refractivity contribution is 8.14. The molecule has 6 heteroatoms. The third-order valence-electron chi connectivity index (χ3n) is 3.52. The van der Waals surface area contributed by atoms with Gasteiger partial charge >= 0.3 is 0 Å². The Morgan fingerprint density at radius 2 is 1.70 bits per heavy atom. The molecule has 0 aromatic heterocycles. The Morgan fingerprint density at radius 1 is 1.09 bits per heavy atom. The van der Waals surface area contributed by atoms with Gasteiger partial charge in [0.25, 0.3) is 0 Å². The number of carbonyl (C=O) groups is 1. The van der Waals surface area contributed by atoms with Crippen LogP contribution in [0.15, 0.2) is 24.3 Å². The third kappa shape index (κ3) is 10.1. The van der Waals surface area contributed by atoms with Gasteiger partial charge in [-0.05, 0) is 43.8 Å². The van der Waals surface area contributed by atoms with Gasteiger partial charge in [-0.15, -0.1) is 24.8 Å². The minimum atomic E-state index is 0. The van der Waals surface area contributed by atoms with Crippen LogP contribution in [-0.4, -0.2) is 41.9 Å². The maximum absolute atomic E-state index is 12.1. The molecule has 0 amide bonds. The van der Waals surface area contributed by atoms with Crippen molar-refractivity contribution in [1.82, 2.24) is 4.90 Å². The van der Waals surface area contributed by atoms with Gasteiger partial charge in [0.05, 0.1) is 0 Å². The van der Waals surface area contributed by atoms with E-state index in [0.717, 1.165) is 43.2 Å². The fraction of sp³-hybridized carbons (Fsp3) is 0.588. The SMILES string of the molecule is CCCCNc1ccc(C(=O)SCCN(CC)CC)cc1.Cl.Cl. The standard InChI is InChI=1S/C17H28N2OS.2ClH/c1-4-7-12-18-16-10-8-15(9-11-16)17(20)21-14-13-19(5-2)6-3;;/h8-11,18H,4-7,12-14H2,1-3H3;2*1H. The maximum atomic E-state index is 12.1. The molecule has 0 aliphatic rings. The Hall–Kier alpha value is -0.420. The Balaban J connectivity index is 0. The highest BCUT2D eigenvalue weighted by Gasteiger charge is 2.07. The molecular formula is C17H30Cl2N2OS. The largest absolute Gasteiger partial charge is 0.385 e. The first kappa shape index (κ1) is 24.8. The van der Waals surface area contributed by atoms with Crippen molar-refractivity contribution in [1.29, 1.82) is 0 Å². The quantitative estimate of drug-likeness (QED) is 0.581. The Bertz CT molecular complexity index is 412. The van der Waals surface area contributed by atoms with Crippen LogP contribution >= 0.6 is 36.6 Å². The molecule has 1 aromatic carbocycles. The lowest BCUT2D eigenvalue weighted by Crippen LogP contribution is -2.25. The first-order valence-corrected chi connectivity index (χ1v) is 8.93. The summed E-state index contributed by atoms with van der Waals surface area (Å²) < 4.78 is 0. The van der Waals surface area contributed by atoms with Gasteiger partial charge in [0.15, 0.2) is 0 Å². The van der Waals surface area contributed by atoms with E-state index < -0.39 is 0 Å². The minimum Gasteiger partial charge on any atom is -0.385 e. The monoisotopic (exact) mass is 380 g/mol. The molecule has 0 fully saturated rings. The Labute approximate surface area is 157 Å². The number of rotatable bonds is 10. The maximum Gasteiger partial charge on any atom is 0.219 e. The molecule has 0 saturated carbocycles. The number of benzene rings is 1. The molecule has 23 heavy (non-hydrogen) atoms. The molecular weight excluding hydrogens is 351 g/mol. The van der Waals surface area contributed by atoms with E-state index in [1.165, 1.54) is 24.6 Å². The Morgan fingerprint density at radius 3 is 2.22 bits per heavy atom. The van der Waals surface area contributed by atoms with E-state index in [1.54, 1.807) is 0 Å². The number of nitrogens with zero attached hydrogens (tertiary/aromatic N) is 1. The average Bonchev–Trinajstić information content (AvgIpc) is 2.52. The molecule has 1 aromatic rings. The van der Waals surface area contributed by atoms with Gasteiger partial charge in [0.2, 0.25) is 5.12 Å². The molecule has 0 aliphatic carbocycles. The van der Waals surface area contributed by atoms with Crippen molar-refractivity contribution in [3.63, 3.8) is 0 Å². The fourth-order valence-electron chi connectivity index (χ4n) is 2.02. The molecule has 1 N–H and O–H groups in total. The summed E-state index contributed by atoms with van der Waals surface area (Å²) in [6.07, 6.45) is 2.36. The Kier molecular flexibility index (Phi) is 16.3. The molecule has 0 spiro atoms. The van der Waals surface area contributed by atoms with Crippen molar-refractivity contribution in [2.75, 3.05) is 37.2 Å². The summed E-state index contributed by atoms with van der Waals surface area (Å²) in [6, 6.07) is 7.82. The van der Waals surface area contributed by atoms with E-state index in [4.69, 9.17) is 0 Å². The van der Waals surface area contributed by atoms with Gasteiger partial charge in [0.1, 0.15) is 0 Å². The number of nitrogens with one attached hydrogen (secondary N) is 1. The summed E-state index contributed by atoms with van der Waals surface area (Å²) in [4.78, 5) is 14.4. The van der Waals surface area contributed by atoms with E-state index in [9.17, 15) is 4.79 Å². The second kappa shape index (κ2) is 15.1. The summed E-state index contributed by atoms with van der Waals surface area (Å²) in [6.45, 7) is 10.5. The number of halogens is 2. The summed E-state index contributed by atoms with van der Waals surface area (Å²) in [5.74, 6) is 0.858. The molecule has 0 radical (unpaired) electrons. The van der Waals surface area contributed by atoms with Crippen LogP contribution in [0.25, 0.3) is 0 Å². The number of hydrogen-bond acceptors (Lipinski definition) is 4. The van der Waals surface area contributed by atoms with E-state index in [-0.39, 0.29) is 29.9 Å². The van der Waals surface area contributed by atoms with Gasteiger partial charge < -0.3 is 10.2 Å². The molecule has 0 saturated heterocycles. The highest BCUT2D eigenvalue weighted by Crippen LogP contribution is 2.16. The topological polar surface area (TPSA) is 32.3 Å². The fourth-order valence-corrected chi connectivity index (χ4v) is 2.86. The van der Waals surface area contributed by atoms with Crippen LogP contribution in [0.2, 0.25) is 0 Å². The first-order chi connectivity index (χ1) is 10.2. The van der Waals surface area contributed by atoms with E-state index >= 15 is 0 Å². The van der Waals surface area contributed by atoms with E-state index in [1.807, 2.05) is 24.3 Å². The number of unbranched alkanes of at least 4 members (excludes halogenated alkanes) is 1.